The summed E-state index contributed by atoms with van der Waals surface area (Å²) < 4.78 is 5.99. The Balaban J connectivity index is 1.21. The van der Waals surface area contributed by atoms with E-state index in [1.54, 1.807) is 0 Å². The highest BCUT2D eigenvalue weighted by Gasteiger charge is 2.22. The molecule has 1 heteroatoms. The van der Waals surface area contributed by atoms with Crippen molar-refractivity contribution in [3.8, 4) is 16.9 Å². The quantitative estimate of drug-likeness (QED) is 0.322. The summed E-state index contributed by atoms with van der Waals surface area (Å²) >= 11 is 0. The highest BCUT2D eigenvalue weighted by molar-refractivity contribution is 5.64. The maximum absolute atomic E-state index is 5.99. The van der Waals surface area contributed by atoms with Crippen molar-refractivity contribution < 1.29 is 4.74 Å². The van der Waals surface area contributed by atoms with E-state index < -0.39 is 0 Å². The second-order valence-corrected chi connectivity index (χ2v) is 11.0. The zero-order valence-corrected chi connectivity index (χ0v) is 21.7. The number of hydrogen-bond acceptors (Lipinski definition) is 1. The zero-order chi connectivity index (χ0) is 23.6. The van der Waals surface area contributed by atoms with Crippen LogP contribution in [-0.2, 0) is 0 Å². The van der Waals surface area contributed by atoms with Crippen molar-refractivity contribution >= 4 is 0 Å². The molecule has 0 aliphatic heterocycles. The van der Waals surface area contributed by atoms with Gasteiger partial charge in [0.05, 0.1) is 0 Å². The monoisotopic (exact) mass is 458 g/mol. The van der Waals surface area contributed by atoms with E-state index in [1.165, 1.54) is 93.7 Å². The third kappa shape index (κ3) is 7.24. The first-order valence-electron chi connectivity index (χ1n) is 14.2. The SMILES string of the molecule is CCCC1CCC(/C=C/COc2ccc(-c3ccc(C4CCC(CCC)CC4)cc3)cc2)CC1. The van der Waals surface area contributed by atoms with E-state index in [0.717, 1.165) is 29.4 Å². The number of allylic oxidation sites excluding steroid dienone is 1. The van der Waals surface area contributed by atoms with Crippen molar-refractivity contribution in [1.29, 1.82) is 0 Å². The summed E-state index contributed by atoms with van der Waals surface area (Å²) in [6, 6.07) is 18.0. The topological polar surface area (TPSA) is 9.23 Å². The number of ether oxygens (including phenoxy) is 1. The zero-order valence-electron chi connectivity index (χ0n) is 21.7. The lowest BCUT2D eigenvalue weighted by atomic mass is 9.77. The minimum Gasteiger partial charge on any atom is -0.490 e. The van der Waals surface area contributed by atoms with Gasteiger partial charge in [-0.15, -0.1) is 0 Å². The van der Waals surface area contributed by atoms with Gasteiger partial charge in [0.15, 0.2) is 0 Å². The molecule has 34 heavy (non-hydrogen) atoms. The summed E-state index contributed by atoms with van der Waals surface area (Å²) in [5, 5.41) is 0. The fourth-order valence-electron chi connectivity index (χ4n) is 6.35. The van der Waals surface area contributed by atoms with E-state index in [0.29, 0.717) is 6.61 Å². The highest BCUT2D eigenvalue weighted by Crippen LogP contribution is 2.38. The summed E-state index contributed by atoms with van der Waals surface area (Å²) in [6.45, 7) is 5.30. The second-order valence-electron chi connectivity index (χ2n) is 11.0. The molecule has 2 saturated carbocycles. The van der Waals surface area contributed by atoms with Gasteiger partial charge in [-0.3, -0.25) is 0 Å². The molecular weight excluding hydrogens is 412 g/mol. The molecule has 2 fully saturated rings. The molecule has 0 atom stereocenters. The third-order valence-corrected chi connectivity index (χ3v) is 8.46. The van der Waals surface area contributed by atoms with Crippen LogP contribution < -0.4 is 4.74 Å². The predicted molar refractivity (Wildman–Crippen MR) is 146 cm³/mol. The Bertz CT molecular complexity index is 846. The lowest BCUT2D eigenvalue weighted by molar-refractivity contribution is 0.292. The van der Waals surface area contributed by atoms with Gasteiger partial charge in [-0.1, -0.05) is 88.1 Å². The molecule has 2 aromatic rings. The average molecular weight is 459 g/mol. The first-order valence-corrected chi connectivity index (χ1v) is 14.2. The van der Waals surface area contributed by atoms with Crippen LogP contribution in [0.2, 0.25) is 0 Å². The first-order chi connectivity index (χ1) is 16.7. The molecule has 0 aromatic heterocycles. The molecule has 184 valence electrons. The summed E-state index contributed by atoms with van der Waals surface area (Å²) in [4.78, 5) is 0. The van der Waals surface area contributed by atoms with Gasteiger partial charge >= 0.3 is 0 Å². The van der Waals surface area contributed by atoms with Gasteiger partial charge in [-0.25, -0.2) is 0 Å². The molecule has 2 aliphatic rings. The van der Waals surface area contributed by atoms with Crippen molar-refractivity contribution in [2.24, 2.45) is 17.8 Å². The Hall–Kier alpha value is -2.02. The summed E-state index contributed by atoms with van der Waals surface area (Å²) in [6.07, 6.45) is 21.2. The Morgan fingerprint density at radius 2 is 1.21 bits per heavy atom. The van der Waals surface area contributed by atoms with Crippen LogP contribution in [0.3, 0.4) is 0 Å². The lowest BCUT2D eigenvalue weighted by Gasteiger charge is -2.28. The maximum Gasteiger partial charge on any atom is 0.119 e. The highest BCUT2D eigenvalue weighted by atomic mass is 16.5. The van der Waals surface area contributed by atoms with Crippen LogP contribution in [0, 0.1) is 17.8 Å². The summed E-state index contributed by atoms with van der Waals surface area (Å²) in [5.41, 5.74) is 4.10. The fraction of sp³-hybridized carbons (Fsp3) is 0.576. The predicted octanol–water partition coefficient (Wildman–Crippen LogP) is 9.97. The number of hydrogen-bond donors (Lipinski definition) is 0. The summed E-state index contributed by atoms with van der Waals surface area (Å²) in [7, 11) is 0. The number of benzene rings is 2. The molecule has 0 spiro atoms. The molecular formula is C33H46O. The van der Waals surface area contributed by atoms with Gasteiger partial charge in [-0.2, -0.15) is 0 Å². The molecule has 0 N–H and O–H groups in total. The van der Waals surface area contributed by atoms with Crippen molar-refractivity contribution in [2.75, 3.05) is 6.61 Å². The van der Waals surface area contributed by atoms with Crippen LogP contribution in [-0.4, -0.2) is 6.61 Å². The second kappa shape index (κ2) is 13.2. The van der Waals surface area contributed by atoms with Gasteiger partial charge < -0.3 is 4.74 Å². The largest absolute Gasteiger partial charge is 0.490 e. The van der Waals surface area contributed by atoms with Crippen LogP contribution in [0.15, 0.2) is 60.7 Å². The van der Waals surface area contributed by atoms with E-state index in [2.05, 4.69) is 74.5 Å². The van der Waals surface area contributed by atoms with Gasteiger partial charge in [0, 0.05) is 0 Å². The van der Waals surface area contributed by atoms with Gasteiger partial charge in [0.1, 0.15) is 12.4 Å². The van der Waals surface area contributed by atoms with E-state index in [1.807, 2.05) is 0 Å². The van der Waals surface area contributed by atoms with Crippen molar-refractivity contribution in [3.05, 3.63) is 66.2 Å². The van der Waals surface area contributed by atoms with Crippen LogP contribution in [0.1, 0.15) is 102 Å². The molecule has 2 aromatic carbocycles. The molecule has 0 heterocycles. The standard InChI is InChI=1S/C33H46O/c1-3-6-26-9-11-28(12-10-26)8-5-25-34-33-23-21-32(22-24-33)31-19-17-30(18-20-31)29-15-13-27(7-4-2)14-16-29/h5,8,17-24,26-29H,3-4,6-7,9-16,25H2,1-2H3/b8-5+. The maximum atomic E-state index is 5.99. The van der Waals surface area contributed by atoms with Crippen LogP contribution in [0.4, 0.5) is 0 Å². The van der Waals surface area contributed by atoms with Gasteiger partial charge in [0.25, 0.3) is 0 Å². The van der Waals surface area contributed by atoms with Crippen molar-refractivity contribution in [1.82, 2.24) is 0 Å². The average Bonchev–Trinajstić information content (AvgIpc) is 2.89. The minimum absolute atomic E-state index is 0.670. The molecule has 0 saturated heterocycles. The van der Waals surface area contributed by atoms with Crippen molar-refractivity contribution in [3.63, 3.8) is 0 Å². The third-order valence-electron chi connectivity index (χ3n) is 8.46. The molecule has 0 amide bonds. The van der Waals surface area contributed by atoms with E-state index in [9.17, 15) is 0 Å². The van der Waals surface area contributed by atoms with E-state index in [4.69, 9.17) is 4.74 Å². The fourth-order valence-corrected chi connectivity index (χ4v) is 6.35. The van der Waals surface area contributed by atoms with Crippen LogP contribution >= 0.6 is 0 Å². The van der Waals surface area contributed by atoms with Crippen molar-refractivity contribution in [2.45, 2.75) is 96.8 Å². The molecule has 4 rings (SSSR count). The first kappa shape index (κ1) is 25.1. The molecule has 2 aliphatic carbocycles. The normalized spacial score (nSPS) is 25.5. The molecule has 0 radical (unpaired) electrons. The molecule has 1 nitrogen and oxygen atoms in total. The number of rotatable bonds is 10. The van der Waals surface area contributed by atoms with Gasteiger partial charge in [0.2, 0.25) is 0 Å². The Kier molecular flexibility index (Phi) is 9.72. The summed E-state index contributed by atoms with van der Waals surface area (Å²) in [5.74, 6) is 4.43. The lowest BCUT2D eigenvalue weighted by Crippen LogP contribution is -2.13. The van der Waals surface area contributed by atoms with Crippen LogP contribution in [0.5, 0.6) is 5.75 Å². The Labute approximate surface area is 209 Å². The van der Waals surface area contributed by atoms with E-state index >= 15 is 0 Å². The molecule has 0 unspecified atom stereocenters. The smallest absolute Gasteiger partial charge is 0.119 e. The van der Waals surface area contributed by atoms with Crippen LogP contribution in [0.25, 0.3) is 11.1 Å². The Morgan fingerprint density at radius 3 is 1.76 bits per heavy atom. The molecule has 0 bridgehead atoms. The minimum atomic E-state index is 0.670. The Morgan fingerprint density at radius 1 is 0.676 bits per heavy atom. The van der Waals surface area contributed by atoms with Gasteiger partial charge in [-0.05, 0) is 104 Å². The van der Waals surface area contributed by atoms with E-state index in [-0.39, 0.29) is 0 Å².